The molecule has 158 valence electrons. The van der Waals surface area contributed by atoms with Crippen LogP contribution in [-0.2, 0) is 11.3 Å². The standard InChI is InChI=1S/C24H26N6O/c31-24(29-11-9-28(10-12-29)15-19-5-4-8-25-14-19)21-16-30(17-21)23-13-22(26-18-27-23)20-6-2-1-3-7-20/h1-8,13-14,18,21H,9-12,15-17H2. The van der Waals surface area contributed by atoms with Gasteiger partial charge in [0.15, 0.2) is 0 Å². The molecule has 0 N–H and O–H groups in total. The first kappa shape index (κ1) is 19.6. The zero-order chi connectivity index (χ0) is 21.0. The minimum Gasteiger partial charge on any atom is -0.355 e. The summed E-state index contributed by atoms with van der Waals surface area (Å²) in [7, 11) is 0. The lowest BCUT2D eigenvalue weighted by molar-refractivity contribution is -0.138. The fourth-order valence-electron chi connectivity index (χ4n) is 4.24. The number of aromatic nitrogens is 3. The summed E-state index contributed by atoms with van der Waals surface area (Å²) in [5.41, 5.74) is 3.20. The molecule has 2 aliphatic rings. The molecule has 1 aromatic carbocycles. The van der Waals surface area contributed by atoms with Crippen molar-refractivity contribution in [2.45, 2.75) is 6.54 Å². The van der Waals surface area contributed by atoms with Gasteiger partial charge in [-0.25, -0.2) is 9.97 Å². The molecule has 0 saturated carbocycles. The number of piperazine rings is 1. The summed E-state index contributed by atoms with van der Waals surface area (Å²) in [4.78, 5) is 32.5. The highest BCUT2D eigenvalue weighted by Gasteiger charge is 2.37. The molecule has 0 bridgehead atoms. The monoisotopic (exact) mass is 414 g/mol. The zero-order valence-electron chi connectivity index (χ0n) is 17.5. The lowest BCUT2D eigenvalue weighted by Crippen LogP contribution is -2.58. The Morgan fingerprint density at radius 3 is 2.52 bits per heavy atom. The topological polar surface area (TPSA) is 65.5 Å². The van der Waals surface area contributed by atoms with E-state index in [0.29, 0.717) is 0 Å². The van der Waals surface area contributed by atoms with Crippen molar-refractivity contribution < 1.29 is 4.79 Å². The van der Waals surface area contributed by atoms with Crippen LogP contribution < -0.4 is 4.90 Å². The van der Waals surface area contributed by atoms with Gasteiger partial charge in [0, 0.05) is 69.8 Å². The normalized spacial score (nSPS) is 17.4. The molecule has 3 aromatic rings. The van der Waals surface area contributed by atoms with Crippen LogP contribution in [0.3, 0.4) is 0 Å². The SMILES string of the molecule is O=C(C1CN(c2cc(-c3ccccc3)ncn2)C1)N1CCN(Cc2cccnc2)CC1. The molecule has 5 rings (SSSR count). The van der Waals surface area contributed by atoms with E-state index in [1.165, 1.54) is 5.56 Å². The molecule has 2 aromatic heterocycles. The van der Waals surface area contributed by atoms with Crippen LogP contribution in [0.2, 0.25) is 0 Å². The fraction of sp³-hybridized carbons (Fsp3) is 0.333. The van der Waals surface area contributed by atoms with E-state index in [1.54, 1.807) is 12.5 Å². The van der Waals surface area contributed by atoms with Crippen LogP contribution in [0.25, 0.3) is 11.3 Å². The third-order valence-corrected chi connectivity index (χ3v) is 6.09. The van der Waals surface area contributed by atoms with Crippen molar-refractivity contribution >= 4 is 11.7 Å². The second-order valence-corrected chi connectivity index (χ2v) is 8.19. The number of anilines is 1. The van der Waals surface area contributed by atoms with Crippen molar-refractivity contribution in [1.82, 2.24) is 24.8 Å². The molecular weight excluding hydrogens is 388 g/mol. The van der Waals surface area contributed by atoms with Crippen LogP contribution in [0.4, 0.5) is 5.82 Å². The van der Waals surface area contributed by atoms with Gasteiger partial charge in [-0.1, -0.05) is 36.4 Å². The lowest BCUT2D eigenvalue weighted by atomic mass is 9.97. The Bertz CT molecular complexity index is 1010. The van der Waals surface area contributed by atoms with Crippen LogP contribution >= 0.6 is 0 Å². The second kappa shape index (κ2) is 8.81. The van der Waals surface area contributed by atoms with Gasteiger partial charge >= 0.3 is 0 Å². The predicted octanol–water partition coefficient (Wildman–Crippen LogP) is 2.32. The van der Waals surface area contributed by atoms with Crippen molar-refractivity contribution in [3.63, 3.8) is 0 Å². The average Bonchev–Trinajstić information content (AvgIpc) is 2.80. The minimum absolute atomic E-state index is 0.0556. The highest BCUT2D eigenvalue weighted by Crippen LogP contribution is 2.27. The Hall–Kier alpha value is -3.32. The second-order valence-electron chi connectivity index (χ2n) is 8.19. The van der Waals surface area contributed by atoms with Crippen molar-refractivity contribution in [1.29, 1.82) is 0 Å². The molecule has 0 unspecified atom stereocenters. The van der Waals surface area contributed by atoms with Crippen molar-refractivity contribution in [3.05, 3.63) is 72.8 Å². The molecule has 7 nitrogen and oxygen atoms in total. The summed E-state index contributed by atoms with van der Waals surface area (Å²) in [5, 5.41) is 0. The summed E-state index contributed by atoms with van der Waals surface area (Å²) < 4.78 is 0. The van der Waals surface area contributed by atoms with Crippen molar-refractivity contribution in [2.75, 3.05) is 44.2 Å². The Balaban J connectivity index is 1.13. The largest absolute Gasteiger partial charge is 0.355 e. The Kier molecular flexibility index (Phi) is 5.58. The molecule has 2 fully saturated rings. The van der Waals surface area contributed by atoms with Crippen LogP contribution in [0.1, 0.15) is 5.56 Å². The number of carbonyl (C=O) groups is 1. The number of pyridine rings is 1. The molecule has 4 heterocycles. The highest BCUT2D eigenvalue weighted by molar-refractivity contribution is 5.82. The number of benzene rings is 1. The van der Waals surface area contributed by atoms with E-state index >= 15 is 0 Å². The average molecular weight is 415 g/mol. The van der Waals surface area contributed by atoms with E-state index in [2.05, 4.69) is 30.8 Å². The summed E-state index contributed by atoms with van der Waals surface area (Å²) in [6.07, 6.45) is 5.32. The first-order chi connectivity index (χ1) is 15.3. The first-order valence-electron chi connectivity index (χ1n) is 10.8. The van der Waals surface area contributed by atoms with E-state index in [0.717, 1.165) is 62.9 Å². The van der Waals surface area contributed by atoms with Gasteiger partial charge in [-0.2, -0.15) is 0 Å². The van der Waals surface area contributed by atoms with Crippen LogP contribution in [0.15, 0.2) is 67.3 Å². The number of rotatable bonds is 5. The molecule has 0 aliphatic carbocycles. The fourth-order valence-corrected chi connectivity index (χ4v) is 4.24. The Morgan fingerprint density at radius 1 is 0.968 bits per heavy atom. The third kappa shape index (κ3) is 4.41. The summed E-state index contributed by atoms with van der Waals surface area (Å²) in [6.45, 7) is 5.74. The van der Waals surface area contributed by atoms with E-state index in [1.807, 2.05) is 53.6 Å². The summed E-state index contributed by atoms with van der Waals surface area (Å²) in [6, 6.07) is 16.2. The summed E-state index contributed by atoms with van der Waals surface area (Å²) in [5.74, 6) is 1.22. The van der Waals surface area contributed by atoms with E-state index in [4.69, 9.17) is 0 Å². The number of hydrogen-bond donors (Lipinski definition) is 0. The van der Waals surface area contributed by atoms with Gasteiger partial charge in [0.1, 0.15) is 12.1 Å². The Labute approximate surface area is 182 Å². The molecule has 1 amide bonds. The first-order valence-corrected chi connectivity index (χ1v) is 10.8. The number of nitrogens with zero attached hydrogens (tertiary/aromatic N) is 6. The molecule has 7 heteroatoms. The molecule has 0 atom stereocenters. The van der Waals surface area contributed by atoms with Gasteiger partial charge in [-0.3, -0.25) is 14.7 Å². The van der Waals surface area contributed by atoms with Crippen LogP contribution in [-0.4, -0.2) is 69.9 Å². The number of amides is 1. The molecular formula is C24H26N6O. The smallest absolute Gasteiger partial charge is 0.229 e. The molecule has 2 saturated heterocycles. The molecule has 31 heavy (non-hydrogen) atoms. The maximum atomic E-state index is 12.9. The Morgan fingerprint density at radius 2 is 1.77 bits per heavy atom. The highest BCUT2D eigenvalue weighted by atomic mass is 16.2. The van der Waals surface area contributed by atoms with Gasteiger partial charge in [-0.15, -0.1) is 0 Å². The maximum Gasteiger partial charge on any atom is 0.229 e. The zero-order valence-corrected chi connectivity index (χ0v) is 17.5. The van der Waals surface area contributed by atoms with Gasteiger partial charge in [-0.05, 0) is 11.6 Å². The van der Waals surface area contributed by atoms with Crippen LogP contribution in [0.5, 0.6) is 0 Å². The minimum atomic E-state index is 0.0556. The van der Waals surface area contributed by atoms with Gasteiger partial charge in [0.2, 0.25) is 5.91 Å². The number of carbonyl (C=O) groups excluding carboxylic acids is 1. The van der Waals surface area contributed by atoms with Crippen LogP contribution in [0, 0.1) is 5.92 Å². The molecule has 0 spiro atoms. The lowest BCUT2D eigenvalue weighted by Gasteiger charge is -2.43. The van der Waals surface area contributed by atoms with E-state index in [9.17, 15) is 4.79 Å². The quantitative estimate of drug-likeness (QED) is 0.638. The van der Waals surface area contributed by atoms with Crippen molar-refractivity contribution in [3.8, 4) is 11.3 Å². The number of hydrogen-bond acceptors (Lipinski definition) is 6. The maximum absolute atomic E-state index is 12.9. The van der Waals surface area contributed by atoms with Gasteiger partial charge < -0.3 is 9.80 Å². The van der Waals surface area contributed by atoms with Crippen molar-refractivity contribution in [2.24, 2.45) is 5.92 Å². The van der Waals surface area contributed by atoms with Gasteiger partial charge in [0.25, 0.3) is 0 Å². The summed E-state index contributed by atoms with van der Waals surface area (Å²) >= 11 is 0. The third-order valence-electron chi connectivity index (χ3n) is 6.09. The van der Waals surface area contributed by atoms with E-state index in [-0.39, 0.29) is 11.8 Å². The van der Waals surface area contributed by atoms with Gasteiger partial charge in [0.05, 0.1) is 11.6 Å². The molecule has 2 aliphatic heterocycles. The predicted molar refractivity (Wildman–Crippen MR) is 119 cm³/mol. The molecule has 0 radical (unpaired) electrons. The van der Waals surface area contributed by atoms with E-state index < -0.39 is 0 Å².